The number of likely N-dealkylation sites (tertiary alicyclic amines) is 1. The normalized spacial score (nSPS) is 20.7. The maximum Gasteiger partial charge on any atom is 0.123 e. The zero-order valence-corrected chi connectivity index (χ0v) is 16.7. The van der Waals surface area contributed by atoms with E-state index in [0.29, 0.717) is 12.0 Å². The van der Waals surface area contributed by atoms with E-state index in [9.17, 15) is 8.78 Å². The minimum absolute atomic E-state index is 0. The Morgan fingerprint density at radius 3 is 1.68 bits per heavy atom. The maximum atomic E-state index is 13.3. The summed E-state index contributed by atoms with van der Waals surface area (Å²) in [6.45, 7) is 5.51. The molecule has 3 rings (SSSR count). The fraction of sp³-hybridized carbons (Fsp3) is 0.400. The summed E-state index contributed by atoms with van der Waals surface area (Å²) in [5.41, 5.74) is 2.11. The molecule has 0 aromatic heterocycles. The van der Waals surface area contributed by atoms with E-state index in [1.165, 1.54) is 30.7 Å². The van der Waals surface area contributed by atoms with Crippen LogP contribution < -0.4 is 0 Å². The van der Waals surface area contributed by atoms with Gasteiger partial charge in [-0.05, 0) is 61.1 Å². The first-order valence-corrected chi connectivity index (χ1v) is 8.31. The number of rotatable bonds is 3. The Morgan fingerprint density at radius 1 is 0.800 bits per heavy atom. The van der Waals surface area contributed by atoms with Gasteiger partial charge in [0.25, 0.3) is 0 Å². The van der Waals surface area contributed by atoms with E-state index in [-0.39, 0.29) is 44.7 Å². The maximum absolute atomic E-state index is 13.3. The van der Waals surface area contributed by atoms with Gasteiger partial charge in [0.1, 0.15) is 11.6 Å². The van der Waals surface area contributed by atoms with Crippen LogP contribution in [-0.4, -0.2) is 17.5 Å². The summed E-state index contributed by atoms with van der Waals surface area (Å²) in [7, 11) is 0. The van der Waals surface area contributed by atoms with E-state index in [1.54, 1.807) is 0 Å². The zero-order chi connectivity index (χ0) is 16.4. The molecular weight excluding hydrogens is 356 g/mol. The average Bonchev–Trinajstić information content (AvgIpc) is 2.54. The summed E-state index contributed by atoms with van der Waals surface area (Å²) < 4.78 is 26.6. The van der Waals surface area contributed by atoms with Gasteiger partial charge in [-0.25, -0.2) is 8.78 Å². The molecule has 2 aromatic carbocycles. The van der Waals surface area contributed by atoms with Gasteiger partial charge in [0.2, 0.25) is 0 Å². The van der Waals surface area contributed by atoms with Gasteiger partial charge < -0.3 is 0 Å². The van der Waals surface area contributed by atoms with Crippen molar-refractivity contribution in [2.45, 2.75) is 38.8 Å². The van der Waals surface area contributed by atoms with E-state index < -0.39 is 0 Å². The largest absolute Gasteiger partial charge is 0.289 e. The second kappa shape index (κ2) is 9.60. The second-order valence-corrected chi connectivity index (χ2v) is 6.73. The number of piperidine rings is 1. The van der Waals surface area contributed by atoms with Crippen LogP contribution in [-0.2, 0) is 0 Å². The third kappa shape index (κ3) is 5.22. The highest BCUT2D eigenvalue weighted by atomic mass is 32.1. The number of nitrogens with zero attached hydrogens (tertiary/aromatic N) is 1. The highest BCUT2D eigenvalue weighted by molar-refractivity contribution is 7.59. The van der Waals surface area contributed by atoms with Gasteiger partial charge in [-0.3, -0.25) is 4.90 Å². The monoisotopic (exact) mass is 383 g/mol. The van der Waals surface area contributed by atoms with Crippen molar-refractivity contribution in [2.24, 2.45) is 5.92 Å². The average molecular weight is 384 g/mol. The number of benzene rings is 2. The third-order valence-corrected chi connectivity index (χ3v) is 4.87. The van der Waals surface area contributed by atoms with E-state index in [1.807, 2.05) is 24.3 Å². The van der Waals surface area contributed by atoms with Crippen LogP contribution in [0.1, 0.15) is 43.9 Å². The molecule has 1 aliphatic heterocycles. The standard InChI is InChI=1S/C20H23F2N.2H2S/c1-14-3-4-15(2)23(13-14)20(16-5-9-18(21)10-6-16)17-7-11-19(22)12-8-17;;/h5-12,14-15,20H,3-4,13H2,1-2H3;2*1H2/t14-,15+;;/m1../s1. The Balaban J connectivity index is 0.00000156. The summed E-state index contributed by atoms with van der Waals surface area (Å²) in [4.78, 5) is 2.47. The summed E-state index contributed by atoms with van der Waals surface area (Å²) in [5.74, 6) is 0.174. The van der Waals surface area contributed by atoms with Crippen molar-refractivity contribution in [1.29, 1.82) is 0 Å². The molecule has 1 fully saturated rings. The highest BCUT2D eigenvalue weighted by Gasteiger charge is 2.31. The van der Waals surface area contributed by atoms with Gasteiger partial charge in [-0.1, -0.05) is 31.2 Å². The molecule has 5 heteroatoms. The van der Waals surface area contributed by atoms with Crippen LogP contribution in [0.2, 0.25) is 0 Å². The van der Waals surface area contributed by atoms with E-state index in [2.05, 4.69) is 18.7 Å². The Kier molecular flexibility index (Phi) is 8.45. The van der Waals surface area contributed by atoms with Crippen molar-refractivity contribution in [2.75, 3.05) is 6.54 Å². The molecule has 0 amide bonds. The van der Waals surface area contributed by atoms with Crippen LogP contribution in [0.4, 0.5) is 8.78 Å². The first-order valence-electron chi connectivity index (χ1n) is 8.31. The van der Waals surface area contributed by atoms with Crippen molar-refractivity contribution in [3.63, 3.8) is 0 Å². The molecule has 2 atom stereocenters. The lowest BCUT2D eigenvalue weighted by Gasteiger charge is -2.42. The lowest BCUT2D eigenvalue weighted by Crippen LogP contribution is -2.43. The molecule has 0 bridgehead atoms. The summed E-state index contributed by atoms with van der Waals surface area (Å²) in [6, 6.07) is 13.9. The van der Waals surface area contributed by atoms with E-state index in [4.69, 9.17) is 0 Å². The Labute approximate surface area is 163 Å². The smallest absolute Gasteiger partial charge is 0.123 e. The van der Waals surface area contributed by atoms with Crippen molar-refractivity contribution >= 4 is 27.0 Å². The van der Waals surface area contributed by atoms with Crippen molar-refractivity contribution in [3.8, 4) is 0 Å². The number of hydrogen-bond donors (Lipinski definition) is 0. The summed E-state index contributed by atoms with van der Waals surface area (Å²) in [5, 5.41) is 0. The lowest BCUT2D eigenvalue weighted by atomic mass is 9.89. The van der Waals surface area contributed by atoms with Crippen LogP contribution in [0.15, 0.2) is 48.5 Å². The number of halogens is 2. The van der Waals surface area contributed by atoms with Gasteiger partial charge in [0.15, 0.2) is 0 Å². The van der Waals surface area contributed by atoms with Crippen LogP contribution in [0.3, 0.4) is 0 Å². The lowest BCUT2D eigenvalue weighted by molar-refractivity contribution is 0.0933. The Hall–Kier alpha value is -1.04. The quantitative estimate of drug-likeness (QED) is 0.686. The molecule has 0 radical (unpaired) electrons. The van der Waals surface area contributed by atoms with Crippen LogP contribution in [0.5, 0.6) is 0 Å². The van der Waals surface area contributed by atoms with Gasteiger partial charge >= 0.3 is 0 Å². The molecule has 0 saturated carbocycles. The second-order valence-electron chi connectivity index (χ2n) is 6.73. The molecule has 1 aliphatic rings. The minimum atomic E-state index is -0.230. The predicted molar refractivity (Wildman–Crippen MR) is 110 cm³/mol. The Morgan fingerprint density at radius 2 is 1.24 bits per heavy atom. The molecule has 138 valence electrons. The topological polar surface area (TPSA) is 3.24 Å². The molecule has 1 heterocycles. The highest BCUT2D eigenvalue weighted by Crippen LogP contribution is 2.35. The zero-order valence-electron chi connectivity index (χ0n) is 14.7. The van der Waals surface area contributed by atoms with E-state index >= 15 is 0 Å². The number of hydrogen-bond acceptors (Lipinski definition) is 1. The molecule has 0 spiro atoms. The fourth-order valence-corrected chi connectivity index (χ4v) is 3.55. The molecule has 0 unspecified atom stereocenters. The molecular formula is C20H27F2NS2. The van der Waals surface area contributed by atoms with Gasteiger partial charge in [0.05, 0.1) is 6.04 Å². The van der Waals surface area contributed by atoms with Crippen LogP contribution in [0.25, 0.3) is 0 Å². The van der Waals surface area contributed by atoms with Crippen LogP contribution >= 0.6 is 27.0 Å². The van der Waals surface area contributed by atoms with E-state index in [0.717, 1.165) is 24.1 Å². The van der Waals surface area contributed by atoms with Crippen molar-refractivity contribution in [3.05, 3.63) is 71.3 Å². The first-order chi connectivity index (χ1) is 11.0. The predicted octanol–water partition coefficient (Wildman–Crippen LogP) is 5.40. The van der Waals surface area contributed by atoms with Crippen molar-refractivity contribution < 1.29 is 8.78 Å². The van der Waals surface area contributed by atoms with Crippen molar-refractivity contribution in [1.82, 2.24) is 4.90 Å². The SMILES string of the molecule is C[C@@H]1CC[C@H](C)N(C(c2ccc(F)cc2)c2ccc(F)cc2)C1.S.S. The minimum Gasteiger partial charge on any atom is -0.289 e. The Bertz CT molecular complexity index is 600. The van der Waals surface area contributed by atoms with Crippen LogP contribution in [0, 0.1) is 17.6 Å². The van der Waals surface area contributed by atoms with Gasteiger partial charge in [-0.15, -0.1) is 0 Å². The van der Waals surface area contributed by atoms with Gasteiger partial charge in [-0.2, -0.15) is 27.0 Å². The summed E-state index contributed by atoms with van der Waals surface area (Å²) >= 11 is 0. The third-order valence-electron chi connectivity index (χ3n) is 4.87. The molecule has 0 aliphatic carbocycles. The first kappa shape index (κ1) is 22.0. The fourth-order valence-electron chi connectivity index (χ4n) is 3.55. The molecule has 25 heavy (non-hydrogen) atoms. The summed E-state index contributed by atoms with van der Waals surface area (Å²) in [6.07, 6.45) is 2.39. The molecule has 2 aromatic rings. The molecule has 0 N–H and O–H groups in total. The van der Waals surface area contributed by atoms with Gasteiger partial charge in [0, 0.05) is 12.6 Å². The molecule has 1 saturated heterocycles. The molecule has 1 nitrogen and oxygen atoms in total.